The maximum absolute atomic E-state index is 6.09. The molecule has 21 heavy (non-hydrogen) atoms. The Morgan fingerprint density at radius 1 is 1.10 bits per heavy atom. The molecule has 3 rings (SSSR count). The lowest BCUT2D eigenvalue weighted by Gasteiger charge is -2.05. The van der Waals surface area contributed by atoms with Gasteiger partial charge < -0.3 is 10.5 Å². The summed E-state index contributed by atoms with van der Waals surface area (Å²) in [6, 6.07) is 17.4. The molecule has 0 saturated carbocycles. The van der Waals surface area contributed by atoms with Crippen LogP contribution in [-0.4, -0.2) is 16.9 Å². The highest BCUT2D eigenvalue weighted by Crippen LogP contribution is 2.29. The first-order valence-corrected chi connectivity index (χ1v) is 7.23. The molecule has 1 heterocycles. The fraction of sp³-hybridized carbons (Fsp3) is 0.0625. The zero-order valence-electron chi connectivity index (χ0n) is 11.5. The van der Waals surface area contributed by atoms with Gasteiger partial charge in [-0.15, -0.1) is 0 Å². The third-order valence-corrected chi connectivity index (χ3v) is 3.90. The number of hydrogen-bond donors (Lipinski definition) is 1. The Kier molecular flexibility index (Phi) is 3.66. The normalized spacial score (nSPS) is 10.6. The SMILES string of the molecule is COc1ccc(-n2nc(-c3ccccc3Br)cc2N)cc1. The molecule has 106 valence electrons. The minimum Gasteiger partial charge on any atom is -0.497 e. The van der Waals surface area contributed by atoms with Crippen LogP contribution in [0.5, 0.6) is 5.75 Å². The summed E-state index contributed by atoms with van der Waals surface area (Å²) in [7, 11) is 1.64. The van der Waals surface area contributed by atoms with Crippen LogP contribution in [0.2, 0.25) is 0 Å². The van der Waals surface area contributed by atoms with Gasteiger partial charge in [-0.05, 0) is 30.3 Å². The molecule has 0 bridgehead atoms. The predicted octanol–water partition coefficient (Wildman–Crippen LogP) is 3.89. The molecule has 0 aliphatic carbocycles. The number of nitrogens with zero attached hydrogens (tertiary/aromatic N) is 2. The quantitative estimate of drug-likeness (QED) is 0.784. The molecule has 0 saturated heterocycles. The number of nitrogens with two attached hydrogens (primary N) is 1. The van der Waals surface area contributed by atoms with E-state index in [2.05, 4.69) is 21.0 Å². The molecule has 0 fully saturated rings. The standard InChI is InChI=1S/C16H14BrN3O/c1-21-12-8-6-11(7-9-12)20-16(18)10-15(19-20)13-4-2-3-5-14(13)17/h2-10H,18H2,1H3. The average Bonchev–Trinajstić information content (AvgIpc) is 2.89. The van der Waals surface area contributed by atoms with Crippen LogP contribution in [0.25, 0.3) is 16.9 Å². The first-order valence-electron chi connectivity index (χ1n) is 6.44. The molecule has 3 aromatic rings. The number of benzene rings is 2. The van der Waals surface area contributed by atoms with E-state index in [1.807, 2.05) is 54.6 Å². The molecule has 0 aliphatic heterocycles. The number of ether oxygens (including phenoxy) is 1. The summed E-state index contributed by atoms with van der Waals surface area (Å²) in [6.07, 6.45) is 0. The van der Waals surface area contributed by atoms with E-state index in [4.69, 9.17) is 10.5 Å². The lowest BCUT2D eigenvalue weighted by atomic mass is 10.1. The van der Waals surface area contributed by atoms with Gasteiger partial charge in [0.1, 0.15) is 11.6 Å². The number of hydrogen-bond acceptors (Lipinski definition) is 3. The second-order valence-electron chi connectivity index (χ2n) is 4.54. The molecule has 5 heteroatoms. The van der Waals surface area contributed by atoms with E-state index in [9.17, 15) is 0 Å². The summed E-state index contributed by atoms with van der Waals surface area (Å²) >= 11 is 3.54. The molecule has 0 unspecified atom stereocenters. The zero-order chi connectivity index (χ0) is 14.8. The molecular weight excluding hydrogens is 330 g/mol. The van der Waals surface area contributed by atoms with Crippen molar-refractivity contribution in [1.29, 1.82) is 0 Å². The van der Waals surface area contributed by atoms with Crippen LogP contribution in [0.1, 0.15) is 0 Å². The molecule has 0 spiro atoms. The van der Waals surface area contributed by atoms with Gasteiger partial charge in [-0.2, -0.15) is 5.10 Å². The highest BCUT2D eigenvalue weighted by atomic mass is 79.9. The summed E-state index contributed by atoms with van der Waals surface area (Å²) in [4.78, 5) is 0. The monoisotopic (exact) mass is 343 g/mol. The van der Waals surface area contributed by atoms with Gasteiger partial charge >= 0.3 is 0 Å². The Morgan fingerprint density at radius 3 is 2.48 bits per heavy atom. The van der Waals surface area contributed by atoms with Crippen LogP contribution in [0.3, 0.4) is 0 Å². The molecule has 0 aliphatic rings. The van der Waals surface area contributed by atoms with Gasteiger partial charge in [-0.1, -0.05) is 34.1 Å². The largest absolute Gasteiger partial charge is 0.497 e. The zero-order valence-corrected chi connectivity index (χ0v) is 13.0. The van der Waals surface area contributed by atoms with Crippen LogP contribution in [0.4, 0.5) is 5.82 Å². The van der Waals surface area contributed by atoms with E-state index in [0.29, 0.717) is 5.82 Å². The van der Waals surface area contributed by atoms with Gasteiger partial charge in [-0.3, -0.25) is 0 Å². The van der Waals surface area contributed by atoms with Gasteiger partial charge in [0.05, 0.1) is 18.5 Å². The Balaban J connectivity index is 2.03. The average molecular weight is 344 g/mol. The lowest BCUT2D eigenvalue weighted by Crippen LogP contribution is -2.01. The number of nitrogen functional groups attached to an aromatic ring is 1. The van der Waals surface area contributed by atoms with Gasteiger partial charge in [-0.25, -0.2) is 4.68 Å². The van der Waals surface area contributed by atoms with Crippen LogP contribution < -0.4 is 10.5 Å². The van der Waals surface area contributed by atoms with E-state index in [-0.39, 0.29) is 0 Å². The minimum atomic E-state index is 0.589. The van der Waals surface area contributed by atoms with Crippen molar-refractivity contribution in [3.63, 3.8) is 0 Å². The van der Waals surface area contributed by atoms with Crippen molar-refractivity contribution in [2.24, 2.45) is 0 Å². The third-order valence-electron chi connectivity index (χ3n) is 3.20. The van der Waals surface area contributed by atoms with Crippen molar-refractivity contribution in [3.05, 3.63) is 59.1 Å². The van der Waals surface area contributed by atoms with Gasteiger partial charge in [0.2, 0.25) is 0 Å². The van der Waals surface area contributed by atoms with Gasteiger partial charge in [0.15, 0.2) is 0 Å². The molecule has 1 aromatic heterocycles. The van der Waals surface area contributed by atoms with Crippen molar-refractivity contribution in [1.82, 2.24) is 9.78 Å². The lowest BCUT2D eigenvalue weighted by molar-refractivity contribution is 0.414. The summed E-state index contributed by atoms with van der Waals surface area (Å²) < 4.78 is 7.87. The molecule has 4 nitrogen and oxygen atoms in total. The first kappa shape index (κ1) is 13.7. The Labute approximate surface area is 131 Å². The Morgan fingerprint density at radius 2 is 1.81 bits per heavy atom. The highest BCUT2D eigenvalue weighted by Gasteiger charge is 2.11. The first-order chi connectivity index (χ1) is 10.2. The molecule has 2 N–H and O–H groups in total. The van der Waals surface area contributed by atoms with Crippen LogP contribution in [-0.2, 0) is 0 Å². The van der Waals surface area contributed by atoms with Crippen molar-refractivity contribution in [2.45, 2.75) is 0 Å². The van der Waals surface area contributed by atoms with Crippen molar-refractivity contribution < 1.29 is 4.74 Å². The van der Waals surface area contributed by atoms with Crippen LogP contribution in [0.15, 0.2) is 59.1 Å². The van der Waals surface area contributed by atoms with Gasteiger partial charge in [0, 0.05) is 16.1 Å². The number of aromatic nitrogens is 2. The van der Waals surface area contributed by atoms with Crippen molar-refractivity contribution in [3.8, 4) is 22.7 Å². The van der Waals surface area contributed by atoms with E-state index in [1.54, 1.807) is 11.8 Å². The maximum atomic E-state index is 6.09. The number of anilines is 1. The van der Waals surface area contributed by atoms with Gasteiger partial charge in [0.25, 0.3) is 0 Å². The van der Waals surface area contributed by atoms with Crippen LogP contribution >= 0.6 is 15.9 Å². The van der Waals surface area contributed by atoms with Crippen LogP contribution in [0, 0.1) is 0 Å². The molecule has 2 aromatic carbocycles. The fourth-order valence-electron chi connectivity index (χ4n) is 2.13. The molecule has 0 atom stereocenters. The van der Waals surface area contributed by atoms with Crippen molar-refractivity contribution >= 4 is 21.7 Å². The summed E-state index contributed by atoms with van der Waals surface area (Å²) in [6.45, 7) is 0. The van der Waals surface area contributed by atoms with E-state index in [0.717, 1.165) is 27.2 Å². The summed E-state index contributed by atoms with van der Waals surface area (Å²) in [5.74, 6) is 1.39. The minimum absolute atomic E-state index is 0.589. The van der Waals surface area contributed by atoms with E-state index >= 15 is 0 Å². The van der Waals surface area contributed by atoms with E-state index in [1.165, 1.54) is 0 Å². The Hall–Kier alpha value is -2.27. The van der Waals surface area contributed by atoms with Crippen molar-refractivity contribution in [2.75, 3.05) is 12.8 Å². The number of rotatable bonds is 3. The second-order valence-corrected chi connectivity index (χ2v) is 5.40. The number of methoxy groups -OCH3 is 1. The topological polar surface area (TPSA) is 53.1 Å². The van der Waals surface area contributed by atoms with E-state index < -0.39 is 0 Å². The smallest absolute Gasteiger partial charge is 0.127 e. The third kappa shape index (κ3) is 2.64. The number of halogens is 1. The maximum Gasteiger partial charge on any atom is 0.127 e. The molecule has 0 amide bonds. The summed E-state index contributed by atoms with van der Waals surface area (Å²) in [5.41, 5.74) is 8.82. The molecular formula is C16H14BrN3O. The highest BCUT2D eigenvalue weighted by molar-refractivity contribution is 9.10. The fourth-order valence-corrected chi connectivity index (χ4v) is 2.61. The second kappa shape index (κ2) is 5.61. The predicted molar refractivity (Wildman–Crippen MR) is 87.7 cm³/mol. The Bertz CT molecular complexity index is 765. The molecule has 0 radical (unpaired) electrons. The summed E-state index contributed by atoms with van der Waals surface area (Å²) in [5, 5.41) is 4.59.